The van der Waals surface area contributed by atoms with E-state index in [2.05, 4.69) is 6.92 Å². The Morgan fingerprint density at radius 2 is 1.15 bits per heavy atom. The molecule has 0 saturated heterocycles. The van der Waals surface area contributed by atoms with Crippen molar-refractivity contribution in [2.24, 2.45) is 5.92 Å². The van der Waals surface area contributed by atoms with Crippen LogP contribution in [-0.4, -0.2) is 45.6 Å². The average Bonchev–Trinajstić information content (AvgIpc) is 3.08. The zero-order valence-corrected chi connectivity index (χ0v) is 26.6. The minimum atomic E-state index is -0.995. The van der Waals surface area contributed by atoms with Crippen LogP contribution in [0.4, 0.5) is 0 Å². The van der Waals surface area contributed by atoms with Gasteiger partial charge in [-0.15, -0.1) is 0 Å². The first-order chi connectivity index (χ1) is 22.8. The molecule has 0 fully saturated rings. The molecule has 0 aliphatic heterocycles. The summed E-state index contributed by atoms with van der Waals surface area (Å²) >= 11 is 0. The smallest absolute Gasteiger partial charge is 0.310 e. The summed E-state index contributed by atoms with van der Waals surface area (Å²) < 4.78 is 12.1. The third-order valence-electron chi connectivity index (χ3n) is 8.09. The number of rotatable bonds is 19. The van der Waals surface area contributed by atoms with Gasteiger partial charge in [0.05, 0.1) is 23.7 Å². The minimum Gasteiger partial charge on any atom is -0.507 e. The van der Waals surface area contributed by atoms with Gasteiger partial charge in [0.2, 0.25) is 0 Å². The molecule has 0 aliphatic carbocycles. The van der Waals surface area contributed by atoms with Crippen LogP contribution in [0.15, 0.2) is 97.1 Å². The predicted octanol–water partition coefficient (Wildman–Crippen LogP) is 8.23. The summed E-state index contributed by atoms with van der Waals surface area (Å²) in [5, 5.41) is 31.5. The van der Waals surface area contributed by atoms with E-state index in [0.717, 1.165) is 38.5 Å². The van der Waals surface area contributed by atoms with Gasteiger partial charge < -0.3 is 24.8 Å². The van der Waals surface area contributed by atoms with Crippen LogP contribution in [0.2, 0.25) is 0 Å². The highest BCUT2D eigenvalue weighted by Crippen LogP contribution is 2.30. The first kappa shape index (κ1) is 34.8. The van der Waals surface area contributed by atoms with E-state index < -0.39 is 18.0 Å². The zero-order chi connectivity index (χ0) is 33.6. The van der Waals surface area contributed by atoms with E-state index in [0.29, 0.717) is 23.3 Å². The highest BCUT2D eigenvalue weighted by Gasteiger charge is 2.30. The van der Waals surface area contributed by atoms with Gasteiger partial charge in [0, 0.05) is 29.7 Å². The minimum absolute atomic E-state index is 0.0624. The van der Waals surface area contributed by atoms with Crippen LogP contribution in [0.5, 0.6) is 23.0 Å². The molecule has 2 atom stereocenters. The molecule has 4 aromatic carbocycles. The molecule has 0 spiro atoms. The number of hydrogen-bond acceptors (Lipinski definition) is 7. The molecule has 4 rings (SSSR count). The molecule has 0 amide bonds. The molecule has 8 heteroatoms. The van der Waals surface area contributed by atoms with E-state index in [-0.39, 0.29) is 53.0 Å². The molecule has 0 radical (unpaired) electrons. The molecular weight excluding hydrogens is 596 g/mol. The molecule has 8 nitrogen and oxygen atoms in total. The van der Waals surface area contributed by atoms with Crippen LogP contribution < -0.4 is 9.47 Å². The fraction of sp³-hybridized carbons (Fsp3) is 0.308. The van der Waals surface area contributed by atoms with E-state index >= 15 is 0 Å². The maximum Gasteiger partial charge on any atom is 0.310 e. The van der Waals surface area contributed by atoms with Crippen molar-refractivity contribution in [1.29, 1.82) is 0 Å². The van der Waals surface area contributed by atoms with Gasteiger partial charge in [-0.25, -0.2) is 0 Å². The standard InChI is InChI=1S/C39H42O8/c1-2-3-4-5-6-13-18-33(39(44)45)36(47-30-20-22-32(35(41)26-30)38(43)28-16-11-8-12-17-28)23-24-46-29-19-21-31(34(40)25-29)37(42)27-14-9-7-10-15-27/h7-12,14-17,19-22,25-26,33,36,40-41H,2-6,13,18,23-24H2,1H3,(H,44,45). The molecule has 0 aliphatic rings. The summed E-state index contributed by atoms with van der Waals surface area (Å²) in [5.41, 5.74) is 1.13. The number of hydrogen-bond donors (Lipinski definition) is 3. The number of ketones is 2. The topological polar surface area (TPSA) is 130 Å². The van der Waals surface area contributed by atoms with Crippen LogP contribution in [-0.2, 0) is 4.79 Å². The van der Waals surface area contributed by atoms with Crippen LogP contribution >= 0.6 is 0 Å². The van der Waals surface area contributed by atoms with Crippen molar-refractivity contribution in [1.82, 2.24) is 0 Å². The van der Waals surface area contributed by atoms with E-state index in [4.69, 9.17) is 9.47 Å². The number of aromatic hydroxyl groups is 2. The first-order valence-electron chi connectivity index (χ1n) is 16.2. The maximum atomic E-state index is 12.9. The van der Waals surface area contributed by atoms with E-state index in [1.165, 1.54) is 24.3 Å². The number of benzene rings is 4. The number of aliphatic carboxylic acids is 1. The van der Waals surface area contributed by atoms with Crippen LogP contribution in [0.3, 0.4) is 0 Å². The van der Waals surface area contributed by atoms with Gasteiger partial charge in [-0.2, -0.15) is 0 Å². The number of carboxylic acid groups (broad SMARTS) is 1. The fourth-order valence-electron chi connectivity index (χ4n) is 5.48. The Balaban J connectivity index is 1.47. The lowest BCUT2D eigenvalue weighted by Crippen LogP contribution is -2.34. The lowest BCUT2D eigenvalue weighted by molar-refractivity contribution is -0.145. The number of phenols is 2. The molecule has 2 unspecified atom stereocenters. The second-order valence-corrected chi connectivity index (χ2v) is 11.5. The second-order valence-electron chi connectivity index (χ2n) is 11.5. The van der Waals surface area contributed by atoms with Crippen LogP contribution in [0.25, 0.3) is 0 Å². The van der Waals surface area contributed by atoms with Crippen molar-refractivity contribution in [2.45, 2.75) is 64.4 Å². The molecule has 246 valence electrons. The summed E-state index contributed by atoms with van der Waals surface area (Å²) in [6, 6.07) is 26.0. The first-order valence-corrected chi connectivity index (χ1v) is 16.2. The summed E-state index contributed by atoms with van der Waals surface area (Å²) in [6.45, 7) is 2.21. The third-order valence-corrected chi connectivity index (χ3v) is 8.09. The van der Waals surface area contributed by atoms with E-state index in [1.807, 2.05) is 0 Å². The summed E-state index contributed by atoms with van der Waals surface area (Å²) in [4.78, 5) is 38.2. The number of carbonyl (C=O) groups excluding carboxylic acids is 2. The van der Waals surface area contributed by atoms with Crippen LogP contribution in [0.1, 0.15) is 90.1 Å². The largest absolute Gasteiger partial charge is 0.507 e. The average molecular weight is 639 g/mol. The van der Waals surface area contributed by atoms with Crippen LogP contribution in [0, 0.1) is 5.92 Å². The number of carbonyl (C=O) groups is 3. The Hall–Kier alpha value is -5.11. The van der Waals surface area contributed by atoms with Crippen molar-refractivity contribution in [2.75, 3.05) is 6.61 Å². The Morgan fingerprint density at radius 1 is 0.638 bits per heavy atom. The molecule has 0 aromatic heterocycles. The Kier molecular flexibility index (Phi) is 13.0. The molecule has 0 saturated carbocycles. The Morgan fingerprint density at radius 3 is 1.68 bits per heavy atom. The van der Waals surface area contributed by atoms with Crippen molar-refractivity contribution < 1.29 is 39.2 Å². The predicted molar refractivity (Wildman–Crippen MR) is 180 cm³/mol. The Labute approximate surface area is 275 Å². The molecule has 47 heavy (non-hydrogen) atoms. The highest BCUT2D eigenvalue weighted by atomic mass is 16.5. The normalized spacial score (nSPS) is 12.2. The van der Waals surface area contributed by atoms with Crippen molar-refractivity contribution in [3.8, 4) is 23.0 Å². The number of phenolic OH excluding ortho intramolecular Hbond substituents is 2. The molecule has 0 heterocycles. The van der Waals surface area contributed by atoms with Gasteiger partial charge >= 0.3 is 5.97 Å². The summed E-state index contributed by atoms with van der Waals surface area (Å²) in [6.07, 6.45) is 5.83. The Bertz CT molecular complexity index is 1620. The van der Waals surface area contributed by atoms with E-state index in [1.54, 1.807) is 72.8 Å². The van der Waals surface area contributed by atoms with Crippen molar-refractivity contribution >= 4 is 17.5 Å². The van der Waals surface area contributed by atoms with Crippen molar-refractivity contribution in [3.05, 3.63) is 119 Å². The third kappa shape index (κ3) is 9.94. The molecule has 4 aromatic rings. The lowest BCUT2D eigenvalue weighted by Gasteiger charge is -2.26. The molecular formula is C39H42O8. The molecule has 3 N–H and O–H groups in total. The number of carboxylic acids is 1. The number of unbranched alkanes of at least 4 members (excludes halogenated alkanes) is 5. The van der Waals surface area contributed by atoms with Gasteiger partial charge in [-0.3, -0.25) is 14.4 Å². The quantitative estimate of drug-likeness (QED) is 0.0692. The van der Waals surface area contributed by atoms with Gasteiger partial charge in [0.25, 0.3) is 0 Å². The number of ether oxygens (including phenoxy) is 2. The molecule has 0 bridgehead atoms. The van der Waals surface area contributed by atoms with E-state index in [9.17, 15) is 29.7 Å². The zero-order valence-electron chi connectivity index (χ0n) is 26.6. The highest BCUT2D eigenvalue weighted by molar-refractivity contribution is 6.11. The van der Waals surface area contributed by atoms with Gasteiger partial charge in [0.1, 0.15) is 29.1 Å². The van der Waals surface area contributed by atoms with Crippen molar-refractivity contribution in [3.63, 3.8) is 0 Å². The fourth-order valence-corrected chi connectivity index (χ4v) is 5.48. The van der Waals surface area contributed by atoms with Gasteiger partial charge in [-0.05, 0) is 30.7 Å². The summed E-state index contributed by atoms with van der Waals surface area (Å²) in [5.74, 6) is -2.46. The summed E-state index contributed by atoms with van der Waals surface area (Å²) in [7, 11) is 0. The van der Waals surface area contributed by atoms with Gasteiger partial charge in [-0.1, -0.05) is 106 Å². The lowest BCUT2D eigenvalue weighted by atomic mass is 9.93. The second kappa shape index (κ2) is 17.5. The van der Waals surface area contributed by atoms with Gasteiger partial charge in [0.15, 0.2) is 11.6 Å². The SMILES string of the molecule is CCCCCCCCC(C(=O)O)C(CCOc1ccc(C(=O)c2ccccc2)c(O)c1)Oc1ccc(C(=O)c2ccccc2)c(O)c1. The monoisotopic (exact) mass is 638 g/mol. The maximum absolute atomic E-state index is 12.9.